The number of hydrogen-bond donors (Lipinski definition) is 2. The summed E-state index contributed by atoms with van der Waals surface area (Å²) in [4.78, 5) is 13.5. The molecule has 110 valence electrons. The van der Waals surface area contributed by atoms with Crippen molar-refractivity contribution in [2.45, 2.75) is 26.2 Å². The molecule has 2 N–H and O–H groups in total. The number of nitrogens with zero attached hydrogens (tertiary/aromatic N) is 3. The van der Waals surface area contributed by atoms with Crippen LogP contribution in [0.15, 0.2) is 6.07 Å². The molecule has 0 fully saturated rings. The second kappa shape index (κ2) is 6.85. The molecule has 0 amide bonds. The Morgan fingerprint density at radius 1 is 1.30 bits per heavy atom. The maximum Gasteiger partial charge on any atom is 0.225 e. The number of thiophene rings is 1. The molecule has 0 aliphatic rings. The van der Waals surface area contributed by atoms with Crippen molar-refractivity contribution in [3.05, 3.63) is 10.9 Å². The van der Waals surface area contributed by atoms with E-state index in [1.54, 1.807) is 11.3 Å². The lowest BCUT2D eigenvalue weighted by Crippen LogP contribution is -2.20. The fourth-order valence-electron chi connectivity index (χ4n) is 2.17. The van der Waals surface area contributed by atoms with Crippen LogP contribution >= 0.6 is 11.3 Å². The van der Waals surface area contributed by atoms with Gasteiger partial charge in [0.25, 0.3) is 0 Å². The lowest BCUT2D eigenvalue weighted by Gasteiger charge is -2.19. The van der Waals surface area contributed by atoms with Gasteiger partial charge < -0.3 is 15.3 Å². The molecular formula is C14H22N4OS. The highest BCUT2D eigenvalue weighted by Crippen LogP contribution is 2.31. The molecule has 0 saturated heterocycles. The van der Waals surface area contributed by atoms with Gasteiger partial charge in [-0.2, -0.15) is 4.98 Å². The van der Waals surface area contributed by atoms with E-state index in [2.05, 4.69) is 40.2 Å². The van der Waals surface area contributed by atoms with Crippen molar-refractivity contribution in [3.63, 3.8) is 0 Å². The summed E-state index contributed by atoms with van der Waals surface area (Å²) in [5.74, 6) is 1.64. The average Bonchev–Trinajstić information content (AvgIpc) is 2.82. The van der Waals surface area contributed by atoms with E-state index in [-0.39, 0.29) is 6.61 Å². The minimum Gasteiger partial charge on any atom is -0.396 e. The number of fused-ring (bicyclic) bond motifs is 1. The van der Waals surface area contributed by atoms with Gasteiger partial charge in [-0.15, -0.1) is 11.3 Å². The van der Waals surface area contributed by atoms with Gasteiger partial charge in [0.15, 0.2) is 0 Å². The highest BCUT2D eigenvalue weighted by atomic mass is 32.1. The Labute approximate surface area is 123 Å². The van der Waals surface area contributed by atoms with Crippen molar-refractivity contribution < 1.29 is 5.11 Å². The average molecular weight is 294 g/mol. The van der Waals surface area contributed by atoms with Gasteiger partial charge in [-0.25, -0.2) is 4.98 Å². The zero-order valence-electron chi connectivity index (χ0n) is 12.3. The van der Waals surface area contributed by atoms with E-state index in [0.29, 0.717) is 5.95 Å². The molecule has 0 aliphatic heterocycles. The Hall–Kier alpha value is -1.40. The summed E-state index contributed by atoms with van der Waals surface area (Å²) in [5, 5.41) is 13.0. The van der Waals surface area contributed by atoms with Crippen LogP contribution in [0, 0.1) is 6.92 Å². The first-order valence-electron chi connectivity index (χ1n) is 6.93. The van der Waals surface area contributed by atoms with Crippen LogP contribution in [0.2, 0.25) is 0 Å². The molecule has 0 aromatic carbocycles. The van der Waals surface area contributed by atoms with E-state index >= 15 is 0 Å². The molecule has 0 unspecified atom stereocenters. The summed E-state index contributed by atoms with van der Waals surface area (Å²) in [6.07, 6.45) is 2.96. The highest BCUT2D eigenvalue weighted by Gasteiger charge is 2.13. The Kier molecular flexibility index (Phi) is 5.14. The maximum atomic E-state index is 8.82. The number of anilines is 2. The number of nitrogens with one attached hydrogen (secondary N) is 1. The summed E-state index contributed by atoms with van der Waals surface area (Å²) < 4.78 is 0. The largest absolute Gasteiger partial charge is 0.396 e. The van der Waals surface area contributed by atoms with Crippen LogP contribution in [0.1, 0.15) is 24.1 Å². The first kappa shape index (κ1) is 15.0. The third-order valence-electron chi connectivity index (χ3n) is 3.23. The third-order valence-corrected chi connectivity index (χ3v) is 4.18. The zero-order valence-corrected chi connectivity index (χ0v) is 13.1. The molecule has 2 rings (SSSR count). The summed E-state index contributed by atoms with van der Waals surface area (Å²) in [6, 6.07) is 2.15. The van der Waals surface area contributed by atoms with Gasteiger partial charge in [0.1, 0.15) is 10.6 Å². The molecule has 0 aliphatic carbocycles. The van der Waals surface area contributed by atoms with Gasteiger partial charge in [-0.3, -0.25) is 0 Å². The van der Waals surface area contributed by atoms with E-state index in [0.717, 1.165) is 41.8 Å². The van der Waals surface area contributed by atoms with Crippen LogP contribution < -0.4 is 10.2 Å². The molecule has 0 bridgehead atoms. The molecule has 2 heterocycles. The minimum absolute atomic E-state index is 0.273. The monoisotopic (exact) mass is 294 g/mol. The van der Waals surface area contributed by atoms with Crippen molar-refractivity contribution in [3.8, 4) is 0 Å². The number of aliphatic hydroxyl groups is 1. The van der Waals surface area contributed by atoms with Gasteiger partial charge in [0.2, 0.25) is 5.95 Å². The van der Waals surface area contributed by atoms with E-state index in [1.165, 1.54) is 4.88 Å². The number of aliphatic hydroxyl groups excluding tert-OH is 1. The third kappa shape index (κ3) is 3.37. The molecule has 2 aromatic rings. The van der Waals surface area contributed by atoms with E-state index in [9.17, 15) is 0 Å². The van der Waals surface area contributed by atoms with Crippen LogP contribution in [0.3, 0.4) is 0 Å². The molecule has 0 saturated carbocycles. The Morgan fingerprint density at radius 2 is 2.10 bits per heavy atom. The Morgan fingerprint density at radius 3 is 2.80 bits per heavy atom. The molecule has 20 heavy (non-hydrogen) atoms. The number of unbranched alkanes of at least 4 members (excludes halogenated alkanes) is 2. The first-order chi connectivity index (χ1) is 9.65. The topological polar surface area (TPSA) is 61.3 Å². The fraction of sp³-hybridized carbons (Fsp3) is 0.571. The van der Waals surface area contributed by atoms with Gasteiger partial charge in [-0.1, -0.05) is 0 Å². The van der Waals surface area contributed by atoms with Crippen molar-refractivity contribution in [2.75, 3.05) is 37.5 Å². The molecule has 0 radical (unpaired) electrons. The van der Waals surface area contributed by atoms with E-state index in [1.807, 2.05) is 7.05 Å². The summed E-state index contributed by atoms with van der Waals surface area (Å²) in [7, 11) is 3.90. The van der Waals surface area contributed by atoms with Crippen molar-refractivity contribution in [1.82, 2.24) is 9.97 Å². The molecule has 6 heteroatoms. The zero-order chi connectivity index (χ0) is 14.5. The predicted octanol–water partition coefficient (Wildman–Crippen LogP) is 2.64. The van der Waals surface area contributed by atoms with Crippen molar-refractivity contribution in [1.29, 1.82) is 0 Å². The normalized spacial score (nSPS) is 11.0. The Balaban J connectivity index is 2.22. The van der Waals surface area contributed by atoms with E-state index in [4.69, 9.17) is 5.11 Å². The van der Waals surface area contributed by atoms with Crippen LogP contribution in [0.5, 0.6) is 0 Å². The van der Waals surface area contributed by atoms with Crippen LogP contribution in [0.25, 0.3) is 10.2 Å². The number of hydrogen-bond acceptors (Lipinski definition) is 6. The van der Waals surface area contributed by atoms with Gasteiger partial charge in [0, 0.05) is 32.1 Å². The highest BCUT2D eigenvalue weighted by molar-refractivity contribution is 7.18. The summed E-state index contributed by atoms with van der Waals surface area (Å²) >= 11 is 1.69. The number of aryl methyl sites for hydroxylation is 1. The summed E-state index contributed by atoms with van der Waals surface area (Å²) in [6.45, 7) is 3.30. The minimum atomic E-state index is 0.273. The predicted molar refractivity (Wildman–Crippen MR) is 85.9 cm³/mol. The number of rotatable bonds is 7. The van der Waals surface area contributed by atoms with Crippen LogP contribution in [0.4, 0.5) is 11.8 Å². The fourth-order valence-corrected chi connectivity index (χ4v) is 3.05. The van der Waals surface area contributed by atoms with Crippen LogP contribution in [-0.2, 0) is 0 Å². The van der Waals surface area contributed by atoms with Crippen molar-refractivity contribution in [2.24, 2.45) is 0 Å². The van der Waals surface area contributed by atoms with Gasteiger partial charge in [0.05, 0.1) is 5.39 Å². The second-order valence-corrected chi connectivity index (χ2v) is 6.14. The SMILES string of the molecule is CNc1nc(N(C)CCCCCO)c2cc(C)sc2n1. The lowest BCUT2D eigenvalue weighted by atomic mass is 10.2. The van der Waals surface area contributed by atoms with Crippen LogP contribution in [-0.4, -0.2) is 42.3 Å². The standard InChI is InChI=1S/C14H22N4OS/c1-10-9-11-12(18(3)7-5-4-6-8-19)16-14(15-2)17-13(11)20-10/h9,19H,4-8H2,1-3H3,(H,15,16,17). The summed E-state index contributed by atoms with van der Waals surface area (Å²) in [5.41, 5.74) is 0. The first-order valence-corrected chi connectivity index (χ1v) is 7.75. The maximum absolute atomic E-state index is 8.82. The van der Waals surface area contributed by atoms with Gasteiger partial charge in [-0.05, 0) is 32.3 Å². The smallest absolute Gasteiger partial charge is 0.225 e. The molecule has 0 atom stereocenters. The molecule has 0 spiro atoms. The molecular weight excluding hydrogens is 272 g/mol. The quantitative estimate of drug-likeness (QED) is 0.769. The van der Waals surface area contributed by atoms with E-state index < -0.39 is 0 Å². The molecule has 5 nitrogen and oxygen atoms in total. The lowest BCUT2D eigenvalue weighted by molar-refractivity contribution is 0.283. The second-order valence-electron chi connectivity index (χ2n) is 4.90. The van der Waals surface area contributed by atoms with Crippen molar-refractivity contribution >= 4 is 33.3 Å². The van der Waals surface area contributed by atoms with Gasteiger partial charge >= 0.3 is 0 Å². The molecule has 2 aromatic heterocycles. The Bertz CT molecular complexity index is 570. The number of aromatic nitrogens is 2.